The molecule has 0 radical (unpaired) electrons. The van der Waals surface area contributed by atoms with Gasteiger partial charge in [-0.2, -0.15) is 0 Å². The number of aryl methyl sites for hydroxylation is 2. The molecule has 0 bridgehead atoms. The molecule has 0 unspecified atom stereocenters. The van der Waals surface area contributed by atoms with E-state index in [1.54, 1.807) is 103 Å². The van der Waals surface area contributed by atoms with Crippen molar-refractivity contribution in [1.82, 2.24) is 0 Å². The Kier molecular flexibility index (Phi) is 13.3. The van der Waals surface area contributed by atoms with Gasteiger partial charge in [-0.25, -0.2) is 19.2 Å². The second-order valence-corrected chi connectivity index (χ2v) is 11.6. The van der Waals surface area contributed by atoms with E-state index in [2.05, 4.69) is 31.9 Å². The summed E-state index contributed by atoms with van der Waals surface area (Å²) in [6.07, 6.45) is -1.24. The van der Waals surface area contributed by atoms with Gasteiger partial charge in [0.05, 0.1) is 0 Å². The van der Waals surface area contributed by atoms with Crippen LogP contribution in [0, 0.1) is 13.8 Å². The molecule has 0 atom stereocenters. The Hall–Kier alpha value is -7.60. The average Bonchev–Trinajstić information content (AvgIpc) is 3.16. The summed E-state index contributed by atoms with van der Waals surface area (Å²) in [4.78, 5) is 48.4. The number of para-hydroxylation sites is 4. The molecule has 12 nitrogen and oxygen atoms in total. The number of benzene rings is 6. The molecule has 6 aromatic rings. The molecule has 6 rings (SSSR count). The van der Waals surface area contributed by atoms with Crippen molar-refractivity contribution in [2.45, 2.75) is 13.8 Å². The predicted octanol–water partition coefficient (Wildman–Crippen LogP) is 10.5. The van der Waals surface area contributed by atoms with Crippen LogP contribution in [0.5, 0.6) is 11.5 Å². The molecule has 0 saturated carbocycles. The largest absolute Gasteiger partial charge is 0.417 e. The lowest BCUT2D eigenvalue weighted by molar-refractivity contribution is 0.214. The van der Waals surface area contributed by atoms with Crippen molar-refractivity contribution >= 4 is 58.4 Å². The Morgan fingerprint density at radius 2 is 0.722 bits per heavy atom. The number of hydrogen-bond acceptors (Lipinski definition) is 6. The summed E-state index contributed by atoms with van der Waals surface area (Å²) in [5, 5.41) is 16.4. The fraction of sp³-hybridized carbons (Fsp3) is 0.0476. The van der Waals surface area contributed by atoms with Gasteiger partial charge in [0.2, 0.25) is 0 Å². The molecule has 0 fully saturated rings. The Labute approximate surface area is 312 Å². The van der Waals surface area contributed by atoms with Gasteiger partial charge in [-0.3, -0.25) is 10.6 Å². The molecule has 12 heteroatoms. The van der Waals surface area contributed by atoms with Crippen LogP contribution in [0.25, 0.3) is 0 Å². The van der Waals surface area contributed by atoms with E-state index in [1.807, 2.05) is 68.4 Å². The third-order valence-corrected chi connectivity index (χ3v) is 7.44. The molecular weight excluding hydrogens is 684 g/mol. The zero-order chi connectivity index (χ0) is 38.1. The quantitative estimate of drug-likeness (QED) is 0.0917. The lowest BCUT2D eigenvalue weighted by atomic mass is 10.2. The van der Waals surface area contributed by atoms with E-state index in [-0.39, 0.29) is 12.1 Å². The second-order valence-electron chi connectivity index (χ2n) is 11.6. The number of ether oxygens (including phenoxy) is 2. The van der Waals surface area contributed by atoms with Crippen LogP contribution in [0.1, 0.15) is 11.1 Å². The molecule has 0 aromatic heterocycles. The summed E-state index contributed by atoms with van der Waals surface area (Å²) in [6.45, 7) is 3.72. The number of urea groups is 2. The summed E-state index contributed by atoms with van der Waals surface area (Å²) >= 11 is 0. The first kappa shape index (κ1) is 37.7. The third kappa shape index (κ3) is 12.3. The molecule has 0 saturated heterocycles. The van der Waals surface area contributed by atoms with Gasteiger partial charge in [0, 0.05) is 34.1 Å². The van der Waals surface area contributed by atoms with E-state index in [4.69, 9.17) is 9.47 Å². The molecule has 6 amide bonds. The van der Waals surface area contributed by atoms with Crippen molar-refractivity contribution < 1.29 is 28.7 Å². The number of amides is 6. The Bertz CT molecular complexity index is 2010. The zero-order valence-corrected chi connectivity index (χ0v) is 29.5. The van der Waals surface area contributed by atoms with Gasteiger partial charge in [0.15, 0.2) is 0 Å². The first-order valence-corrected chi connectivity index (χ1v) is 16.8. The fourth-order valence-electron chi connectivity index (χ4n) is 4.76. The molecule has 6 aromatic carbocycles. The summed E-state index contributed by atoms with van der Waals surface area (Å²) in [5.74, 6) is 0.875. The molecule has 0 heterocycles. The van der Waals surface area contributed by atoms with Crippen LogP contribution in [0.2, 0.25) is 0 Å². The maximum absolute atomic E-state index is 12.2. The van der Waals surface area contributed by atoms with Crippen molar-refractivity contribution in [3.8, 4) is 11.5 Å². The summed E-state index contributed by atoms with van der Waals surface area (Å²) in [5.41, 5.74) is 5.29. The minimum Gasteiger partial charge on any atom is -0.410 e. The SMILES string of the molecule is Cc1ccc(NC(=O)Nc2ccccc2)cc1NC(=O)Nc1ccccc1.Cc1ccc(NC(=O)Oc2ccccc2)cc1NC(=O)Oc1ccccc1. The number of carbonyl (C=O) groups is 4. The maximum atomic E-state index is 12.2. The van der Waals surface area contributed by atoms with Crippen molar-refractivity contribution in [3.63, 3.8) is 0 Å². The van der Waals surface area contributed by atoms with E-state index in [0.29, 0.717) is 45.6 Å². The molecule has 54 heavy (non-hydrogen) atoms. The minimum absolute atomic E-state index is 0.352. The Balaban J connectivity index is 0.000000208. The summed E-state index contributed by atoms with van der Waals surface area (Å²) < 4.78 is 10.4. The van der Waals surface area contributed by atoms with Crippen LogP contribution >= 0.6 is 0 Å². The molecule has 6 N–H and O–H groups in total. The van der Waals surface area contributed by atoms with Crippen LogP contribution in [-0.2, 0) is 0 Å². The first-order chi connectivity index (χ1) is 26.2. The molecule has 0 aliphatic heterocycles. The molecule has 0 aliphatic rings. The lowest BCUT2D eigenvalue weighted by Crippen LogP contribution is -2.21. The van der Waals surface area contributed by atoms with Crippen LogP contribution in [0.3, 0.4) is 0 Å². The van der Waals surface area contributed by atoms with Crippen LogP contribution in [-0.4, -0.2) is 24.2 Å². The lowest BCUT2D eigenvalue weighted by Gasteiger charge is -2.13. The van der Waals surface area contributed by atoms with Gasteiger partial charge in [0.1, 0.15) is 11.5 Å². The van der Waals surface area contributed by atoms with Gasteiger partial charge in [-0.15, -0.1) is 0 Å². The molecule has 0 aliphatic carbocycles. The monoisotopic (exact) mass is 722 g/mol. The van der Waals surface area contributed by atoms with Crippen molar-refractivity contribution in [1.29, 1.82) is 0 Å². The Morgan fingerprint density at radius 1 is 0.370 bits per heavy atom. The van der Waals surface area contributed by atoms with Gasteiger partial charge >= 0.3 is 24.2 Å². The highest BCUT2D eigenvalue weighted by Gasteiger charge is 2.11. The molecule has 272 valence electrons. The number of hydrogen-bond donors (Lipinski definition) is 6. The Morgan fingerprint density at radius 3 is 1.19 bits per heavy atom. The normalized spacial score (nSPS) is 9.96. The first-order valence-electron chi connectivity index (χ1n) is 16.8. The van der Waals surface area contributed by atoms with Gasteiger partial charge in [-0.1, -0.05) is 84.9 Å². The van der Waals surface area contributed by atoms with Gasteiger partial charge in [-0.05, 0) is 97.8 Å². The summed E-state index contributed by atoms with van der Waals surface area (Å²) in [6, 6.07) is 45.6. The standard InChI is InChI=1S/C21H20N4O2.C21H18N2O4/c1-15-12-13-18(24-20(26)22-16-8-4-2-5-9-16)14-19(15)25-21(27)23-17-10-6-3-7-11-17;1-15-12-13-16(22-20(24)26-17-8-4-2-5-9-17)14-19(15)23-21(25)27-18-10-6-3-7-11-18/h2-14H,1H3,(H2,22,24,26)(H2,23,25,27);2-14H,1H3,(H,22,24)(H,23,25). The van der Waals surface area contributed by atoms with E-state index < -0.39 is 12.2 Å². The van der Waals surface area contributed by atoms with Crippen molar-refractivity contribution in [2.75, 3.05) is 31.9 Å². The van der Waals surface area contributed by atoms with E-state index in [0.717, 1.165) is 11.1 Å². The van der Waals surface area contributed by atoms with E-state index in [1.165, 1.54) is 0 Å². The predicted molar refractivity (Wildman–Crippen MR) is 213 cm³/mol. The van der Waals surface area contributed by atoms with Crippen molar-refractivity contribution in [2.24, 2.45) is 0 Å². The fourth-order valence-corrected chi connectivity index (χ4v) is 4.76. The number of nitrogens with one attached hydrogen (secondary N) is 6. The van der Waals surface area contributed by atoms with E-state index in [9.17, 15) is 19.2 Å². The topological polar surface area (TPSA) is 159 Å². The number of carbonyl (C=O) groups excluding carboxylic acids is 4. The van der Waals surface area contributed by atoms with Crippen LogP contribution in [0.15, 0.2) is 158 Å². The maximum Gasteiger partial charge on any atom is 0.417 e. The molecule has 0 spiro atoms. The highest BCUT2D eigenvalue weighted by molar-refractivity contribution is 6.02. The molecular formula is C42H38N6O6. The minimum atomic E-state index is -0.622. The number of rotatable bonds is 8. The smallest absolute Gasteiger partial charge is 0.410 e. The van der Waals surface area contributed by atoms with Crippen LogP contribution in [0.4, 0.5) is 53.3 Å². The van der Waals surface area contributed by atoms with E-state index >= 15 is 0 Å². The average molecular weight is 723 g/mol. The van der Waals surface area contributed by atoms with Crippen molar-refractivity contribution in [3.05, 3.63) is 169 Å². The number of anilines is 6. The van der Waals surface area contributed by atoms with Gasteiger partial charge in [0.25, 0.3) is 0 Å². The highest BCUT2D eigenvalue weighted by atomic mass is 16.6. The zero-order valence-electron chi connectivity index (χ0n) is 29.5. The second kappa shape index (κ2) is 19.1. The highest BCUT2D eigenvalue weighted by Crippen LogP contribution is 2.23. The summed E-state index contributed by atoms with van der Waals surface area (Å²) in [7, 11) is 0. The van der Waals surface area contributed by atoms with Gasteiger partial charge < -0.3 is 30.7 Å². The third-order valence-electron chi connectivity index (χ3n) is 7.44. The van der Waals surface area contributed by atoms with Crippen LogP contribution < -0.4 is 41.4 Å².